The van der Waals surface area contributed by atoms with Gasteiger partial charge in [-0.1, -0.05) is 13.8 Å². The summed E-state index contributed by atoms with van der Waals surface area (Å²) in [5.41, 5.74) is 0. The van der Waals surface area contributed by atoms with Crippen molar-refractivity contribution in [2.75, 3.05) is 13.6 Å². The number of carbonyl (C=O) groups is 1. The first kappa shape index (κ1) is 10.3. The second-order valence-corrected chi connectivity index (χ2v) is 3.24. The number of hydrogen-bond donors (Lipinski definition) is 1. The Morgan fingerprint density at radius 3 is 2.45 bits per heavy atom. The number of amides is 1. The largest absolute Gasteiger partial charge is 0.465 e. The lowest BCUT2D eigenvalue weighted by Gasteiger charge is -2.12. The second kappa shape index (κ2) is 4.99. The molecule has 0 saturated heterocycles. The number of hydrogen-bond acceptors (Lipinski definition) is 1. The second-order valence-electron chi connectivity index (χ2n) is 3.24. The van der Waals surface area contributed by atoms with Gasteiger partial charge in [-0.2, -0.15) is 0 Å². The summed E-state index contributed by atoms with van der Waals surface area (Å²) in [5, 5.41) is 8.47. The third-order valence-corrected chi connectivity index (χ3v) is 1.60. The minimum Gasteiger partial charge on any atom is -0.465 e. The Kier molecular flexibility index (Phi) is 4.66. The van der Waals surface area contributed by atoms with Crippen LogP contribution in [-0.2, 0) is 0 Å². The van der Waals surface area contributed by atoms with Crippen molar-refractivity contribution in [3.8, 4) is 0 Å². The van der Waals surface area contributed by atoms with Crippen LogP contribution in [0.2, 0.25) is 0 Å². The monoisotopic (exact) mass is 159 g/mol. The predicted octanol–water partition coefficient (Wildman–Crippen LogP) is 2.03. The van der Waals surface area contributed by atoms with Crippen LogP contribution in [0.25, 0.3) is 0 Å². The van der Waals surface area contributed by atoms with Crippen molar-refractivity contribution in [2.45, 2.75) is 26.7 Å². The van der Waals surface area contributed by atoms with E-state index in [1.807, 2.05) is 0 Å². The highest BCUT2D eigenvalue weighted by molar-refractivity contribution is 5.64. The van der Waals surface area contributed by atoms with Crippen molar-refractivity contribution in [2.24, 2.45) is 5.92 Å². The fourth-order valence-electron chi connectivity index (χ4n) is 0.832. The van der Waals surface area contributed by atoms with Crippen LogP contribution in [0.5, 0.6) is 0 Å². The molecule has 1 N–H and O–H groups in total. The van der Waals surface area contributed by atoms with Crippen molar-refractivity contribution in [1.82, 2.24) is 4.90 Å². The van der Waals surface area contributed by atoms with Crippen LogP contribution in [0, 0.1) is 5.92 Å². The molecular weight excluding hydrogens is 142 g/mol. The summed E-state index contributed by atoms with van der Waals surface area (Å²) in [5.74, 6) is 0.664. The van der Waals surface area contributed by atoms with E-state index in [4.69, 9.17) is 5.11 Å². The number of rotatable bonds is 4. The van der Waals surface area contributed by atoms with Gasteiger partial charge < -0.3 is 10.0 Å². The summed E-state index contributed by atoms with van der Waals surface area (Å²) < 4.78 is 0. The minimum absolute atomic E-state index is 0.646. The standard InChI is InChI=1S/C8H17NO2/c1-7(2)5-4-6-9(3)8(10)11/h7H,4-6H2,1-3H3,(H,10,11). The molecule has 0 aliphatic heterocycles. The molecule has 0 spiro atoms. The van der Waals surface area contributed by atoms with E-state index in [1.165, 1.54) is 4.90 Å². The zero-order valence-electron chi connectivity index (χ0n) is 7.50. The van der Waals surface area contributed by atoms with E-state index in [0.29, 0.717) is 12.5 Å². The van der Waals surface area contributed by atoms with Crippen molar-refractivity contribution in [1.29, 1.82) is 0 Å². The lowest BCUT2D eigenvalue weighted by atomic mass is 10.1. The molecule has 0 radical (unpaired) electrons. The first-order valence-electron chi connectivity index (χ1n) is 3.98. The molecule has 66 valence electrons. The molecular formula is C8H17NO2. The average Bonchev–Trinajstić information content (AvgIpc) is 1.86. The molecule has 0 rings (SSSR count). The lowest BCUT2D eigenvalue weighted by molar-refractivity contribution is 0.154. The molecule has 0 aromatic carbocycles. The van der Waals surface area contributed by atoms with Gasteiger partial charge in [0.15, 0.2) is 0 Å². The lowest BCUT2D eigenvalue weighted by Crippen LogP contribution is -2.25. The summed E-state index contributed by atoms with van der Waals surface area (Å²) >= 11 is 0. The predicted molar refractivity (Wildman–Crippen MR) is 44.7 cm³/mol. The molecule has 3 heteroatoms. The Morgan fingerprint density at radius 2 is 2.09 bits per heavy atom. The van der Waals surface area contributed by atoms with Crippen molar-refractivity contribution in [3.05, 3.63) is 0 Å². The Bertz CT molecular complexity index is 123. The van der Waals surface area contributed by atoms with Gasteiger partial charge in [-0.25, -0.2) is 4.79 Å². The highest BCUT2D eigenvalue weighted by Gasteiger charge is 2.03. The molecule has 0 aliphatic rings. The molecule has 0 saturated carbocycles. The van der Waals surface area contributed by atoms with Crippen LogP contribution < -0.4 is 0 Å². The molecule has 0 aliphatic carbocycles. The van der Waals surface area contributed by atoms with Crippen LogP contribution in [0.3, 0.4) is 0 Å². The van der Waals surface area contributed by atoms with Gasteiger partial charge in [0.25, 0.3) is 0 Å². The Labute approximate surface area is 68.0 Å². The fraction of sp³-hybridized carbons (Fsp3) is 0.875. The van der Waals surface area contributed by atoms with E-state index in [1.54, 1.807) is 7.05 Å². The summed E-state index contributed by atoms with van der Waals surface area (Å²) in [6, 6.07) is 0. The first-order chi connectivity index (χ1) is 5.04. The maximum absolute atomic E-state index is 10.3. The normalized spacial score (nSPS) is 10.2. The molecule has 0 bridgehead atoms. The molecule has 0 fully saturated rings. The van der Waals surface area contributed by atoms with E-state index in [9.17, 15) is 4.79 Å². The van der Waals surface area contributed by atoms with Crippen LogP contribution in [0.15, 0.2) is 0 Å². The van der Waals surface area contributed by atoms with Gasteiger partial charge in [0.2, 0.25) is 0 Å². The van der Waals surface area contributed by atoms with Gasteiger partial charge in [0.1, 0.15) is 0 Å². The quantitative estimate of drug-likeness (QED) is 0.681. The van der Waals surface area contributed by atoms with Crippen molar-refractivity contribution < 1.29 is 9.90 Å². The van der Waals surface area contributed by atoms with Crippen LogP contribution in [-0.4, -0.2) is 29.7 Å². The highest BCUT2D eigenvalue weighted by Crippen LogP contribution is 2.03. The third-order valence-electron chi connectivity index (χ3n) is 1.60. The molecule has 0 aromatic rings. The van der Waals surface area contributed by atoms with Crippen LogP contribution >= 0.6 is 0 Å². The number of nitrogens with zero attached hydrogens (tertiary/aromatic N) is 1. The topological polar surface area (TPSA) is 40.5 Å². The molecule has 3 nitrogen and oxygen atoms in total. The zero-order valence-corrected chi connectivity index (χ0v) is 7.50. The van der Waals surface area contributed by atoms with Gasteiger partial charge in [-0.15, -0.1) is 0 Å². The van der Waals surface area contributed by atoms with E-state index in [2.05, 4.69) is 13.8 Å². The molecule has 0 unspecified atom stereocenters. The smallest absolute Gasteiger partial charge is 0.407 e. The summed E-state index contributed by atoms with van der Waals surface area (Å²) in [6.45, 7) is 4.93. The average molecular weight is 159 g/mol. The Morgan fingerprint density at radius 1 is 1.55 bits per heavy atom. The third kappa shape index (κ3) is 5.70. The maximum Gasteiger partial charge on any atom is 0.407 e. The zero-order chi connectivity index (χ0) is 8.85. The van der Waals surface area contributed by atoms with Gasteiger partial charge >= 0.3 is 6.09 Å². The van der Waals surface area contributed by atoms with Gasteiger partial charge in [0, 0.05) is 13.6 Å². The van der Waals surface area contributed by atoms with Crippen LogP contribution in [0.1, 0.15) is 26.7 Å². The van der Waals surface area contributed by atoms with Gasteiger partial charge in [-0.3, -0.25) is 0 Å². The molecule has 1 amide bonds. The SMILES string of the molecule is CC(C)CCCN(C)C(=O)O. The fourth-order valence-corrected chi connectivity index (χ4v) is 0.832. The molecule has 0 heterocycles. The Hall–Kier alpha value is -0.730. The summed E-state index contributed by atoms with van der Waals surface area (Å²) in [7, 11) is 1.60. The number of carboxylic acid groups (broad SMARTS) is 1. The first-order valence-corrected chi connectivity index (χ1v) is 3.98. The van der Waals surface area contributed by atoms with Gasteiger partial charge in [-0.05, 0) is 18.8 Å². The van der Waals surface area contributed by atoms with E-state index >= 15 is 0 Å². The van der Waals surface area contributed by atoms with Crippen molar-refractivity contribution in [3.63, 3.8) is 0 Å². The van der Waals surface area contributed by atoms with E-state index in [-0.39, 0.29) is 0 Å². The summed E-state index contributed by atoms with van der Waals surface area (Å²) in [4.78, 5) is 11.6. The maximum atomic E-state index is 10.3. The van der Waals surface area contributed by atoms with Crippen molar-refractivity contribution >= 4 is 6.09 Å². The van der Waals surface area contributed by atoms with Gasteiger partial charge in [0.05, 0.1) is 0 Å². The molecule has 0 aromatic heterocycles. The highest BCUT2D eigenvalue weighted by atomic mass is 16.4. The Balaban J connectivity index is 3.31. The molecule has 11 heavy (non-hydrogen) atoms. The minimum atomic E-state index is -0.839. The molecule has 0 atom stereocenters. The summed E-state index contributed by atoms with van der Waals surface area (Å²) in [6.07, 6.45) is 1.21. The van der Waals surface area contributed by atoms with E-state index in [0.717, 1.165) is 12.8 Å². The van der Waals surface area contributed by atoms with E-state index < -0.39 is 6.09 Å². The van der Waals surface area contributed by atoms with Crippen LogP contribution in [0.4, 0.5) is 4.79 Å².